The molecule has 7 heteroatoms. The van der Waals surface area contributed by atoms with E-state index in [2.05, 4.69) is 0 Å². The Labute approximate surface area is 128 Å². The number of thioether (sulfide) groups is 1. The van der Waals surface area contributed by atoms with E-state index in [0.717, 1.165) is 12.8 Å². The first-order valence-electron chi connectivity index (χ1n) is 6.88. The second-order valence-electron chi connectivity index (χ2n) is 5.49. The topological polar surface area (TPSA) is 74.7 Å². The van der Waals surface area contributed by atoms with Gasteiger partial charge in [-0.2, -0.15) is 4.31 Å². The van der Waals surface area contributed by atoms with Crippen LogP contribution in [0, 0.1) is 5.92 Å². The van der Waals surface area contributed by atoms with Crippen molar-refractivity contribution in [2.24, 2.45) is 5.92 Å². The monoisotopic (exact) mass is 327 g/mol. The van der Waals surface area contributed by atoms with Crippen molar-refractivity contribution in [3.63, 3.8) is 0 Å². The molecule has 5 nitrogen and oxygen atoms in total. The van der Waals surface area contributed by atoms with Crippen LogP contribution in [0.5, 0.6) is 0 Å². The van der Waals surface area contributed by atoms with Gasteiger partial charge in [0.15, 0.2) is 0 Å². The summed E-state index contributed by atoms with van der Waals surface area (Å²) >= 11 is 1.46. The van der Waals surface area contributed by atoms with Gasteiger partial charge in [-0.05, 0) is 24.3 Å². The van der Waals surface area contributed by atoms with Gasteiger partial charge in [0.2, 0.25) is 10.0 Å². The Morgan fingerprint density at radius 2 is 1.95 bits per heavy atom. The van der Waals surface area contributed by atoms with Gasteiger partial charge in [0, 0.05) is 5.75 Å². The largest absolute Gasteiger partial charge is 0.480 e. The highest BCUT2D eigenvalue weighted by Gasteiger charge is 2.50. The molecule has 2 atom stereocenters. The summed E-state index contributed by atoms with van der Waals surface area (Å²) < 4.78 is 26.7. The molecular weight excluding hydrogens is 310 g/mol. The van der Waals surface area contributed by atoms with Crippen LogP contribution in [0.15, 0.2) is 30.3 Å². The van der Waals surface area contributed by atoms with Crippen molar-refractivity contribution in [2.75, 3.05) is 5.75 Å². The van der Waals surface area contributed by atoms with Crippen LogP contribution in [0.3, 0.4) is 0 Å². The number of benzene rings is 1. The van der Waals surface area contributed by atoms with Gasteiger partial charge in [-0.3, -0.25) is 4.79 Å². The molecule has 1 saturated heterocycles. The van der Waals surface area contributed by atoms with E-state index in [9.17, 15) is 18.3 Å². The lowest BCUT2D eigenvalue weighted by Crippen LogP contribution is -2.46. The molecule has 1 aliphatic heterocycles. The quantitative estimate of drug-likeness (QED) is 0.892. The van der Waals surface area contributed by atoms with Crippen molar-refractivity contribution in [1.82, 2.24) is 4.31 Å². The summed E-state index contributed by atoms with van der Waals surface area (Å²) in [6.07, 6.45) is 1.97. The van der Waals surface area contributed by atoms with E-state index < -0.39 is 22.0 Å². The molecule has 2 fully saturated rings. The third kappa shape index (κ3) is 3.09. The van der Waals surface area contributed by atoms with Gasteiger partial charge >= 0.3 is 5.97 Å². The maximum atomic E-state index is 12.7. The molecule has 1 N–H and O–H groups in total. The lowest BCUT2D eigenvalue weighted by molar-refractivity contribution is -0.140. The molecule has 114 valence electrons. The van der Waals surface area contributed by atoms with E-state index in [-0.39, 0.29) is 11.1 Å². The number of rotatable bonds is 5. The molecule has 3 rings (SSSR count). The maximum absolute atomic E-state index is 12.7. The van der Waals surface area contributed by atoms with E-state index in [1.165, 1.54) is 16.1 Å². The average molecular weight is 327 g/mol. The normalized spacial score (nSPS) is 26.9. The lowest BCUT2D eigenvalue weighted by atomic mass is 10.2. The Morgan fingerprint density at radius 1 is 1.29 bits per heavy atom. The smallest absolute Gasteiger partial charge is 0.322 e. The second kappa shape index (κ2) is 5.62. The number of hydrogen-bond donors (Lipinski definition) is 1. The zero-order valence-corrected chi connectivity index (χ0v) is 13.0. The lowest BCUT2D eigenvalue weighted by Gasteiger charge is -2.26. The molecule has 1 aromatic carbocycles. The van der Waals surface area contributed by atoms with E-state index in [1.807, 2.05) is 6.07 Å². The van der Waals surface area contributed by atoms with Crippen LogP contribution in [0.2, 0.25) is 0 Å². The predicted octanol–water partition coefficient (Wildman–Crippen LogP) is 1.75. The first kappa shape index (κ1) is 14.9. The van der Waals surface area contributed by atoms with Gasteiger partial charge in [-0.1, -0.05) is 30.3 Å². The molecular formula is C14H17NO4S2. The first-order valence-corrected chi connectivity index (χ1v) is 9.54. The van der Waals surface area contributed by atoms with Gasteiger partial charge in [0.1, 0.15) is 6.04 Å². The molecule has 0 radical (unpaired) electrons. The zero-order valence-electron chi connectivity index (χ0n) is 11.4. The third-order valence-corrected chi connectivity index (χ3v) is 7.22. The van der Waals surface area contributed by atoms with Crippen molar-refractivity contribution in [1.29, 1.82) is 0 Å². The molecule has 21 heavy (non-hydrogen) atoms. The summed E-state index contributed by atoms with van der Waals surface area (Å²) in [6, 6.07) is 7.97. The summed E-state index contributed by atoms with van der Waals surface area (Å²) in [5, 5.41) is 9.11. The summed E-state index contributed by atoms with van der Waals surface area (Å²) in [5.74, 6) is -0.543. The number of sulfonamides is 1. The molecule has 0 amide bonds. The van der Waals surface area contributed by atoms with Gasteiger partial charge in [0.25, 0.3) is 0 Å². The minimum Gasteiger partial charge on any atom is -0.480 e. The molecule has 0 bridgehead atoms. The average Bonchev–Trinajstić information content (AvgIpc) is 3.17. The van der Waals surface area contributed by atoms with Gasteiger partial charge in [0.05, 0.1) is 11.1 Å². The molecule has 1 saturated carbocycles. The predicted molar refractivity (Wildman–Crippen MR) is 81.3 cm³/mol. The van der Waals surface area contributed by atoms with E-state index >= 15 is 0 Å². The Balaban J connectivity index is 1.88. The second-order valence-corrected chi connectivity index (χ2v) is 8.51. The Morgan fingerprint density at radius 3 is 2.52 bits per heavy atom. The molecule has 1 aliphatic carbocycles. The molecule has 0 aromatic heterocycles. The van der Waals surface area contributed by atoms with Gasteiger partial charge in [-0.25, -0.2) is 8.42 Å². The highest BCUT2D eigenvalue weighted by molar-refractivity contribution is 8.01. The van der Waals surface area contributed by atoms with Crippen molar-refractivity contribution in [3.8, 4) is 0 Å². The summed E-state index contributed by atoms with van der Waals surface area (Å²) in [7, 11) is -3.63. The summed E-state index contributed by atoms with van der Waals surface area (Å²) in [5.41, 5.74) is 0.688. The van der Waals surface area contributed by atoms with Crippen LogP contribution in [0.25, 0.3) is 0 Å². The minimum atomic E-state index is -3.63. The van der Waals surface area contributed by atoms with Crippen molar-refractivity contribution in [3.05, 3.63) is 35.9 Å². The van der Waals surface area contributed by atoms with Crippen LogP contribution >= 0.6 is 11.8 Å². The highest BCUT2D eigenvalue weighted by Crippen LogP contribution is 2.46. The number of hydrogen-bond acceptors (Lipinski definition) is 4. The molecule has 2 unspecified atom stereocenters. The Hall–Kier alpha value is -1.05. The third-order valence-electron chi connectivity index (χ3n) is 3.81. The number of nitrogens with zero attached hydrogens (tertiary/aromatic N) is 1. The van der Waals surface area contributed by atoms with Crippen LogP contribution in [0.1, 0.15) is 18.4 Å². The fourth-order valence-corrected chi connectivity index (χ4v) is 6.63. The van der Waals surface area contributed by atoms with Gasteiger partial charge in [-0.15, -0.1) is 11.8 Å². The van der Waals surface area contributed by atoms with Crippen molar-refractivity contribution in [2.45, 2.75) is 30.0 Å². The number of carboxylic acid groups (broad SMARTS) is 1. The number of aliphatic carboxylic acids is 1. The van der Waals surface area contributed by atoms with E-state index in [1.54, 1.807) is 24.3 Å². The SMILES string of the molecule is O=C(O)C1CSC(C2CC2)N1S(=O)(=O)Cc1ccccc1. The van der Waals surface area contributed by atoms with E-state index in [0.29, 0.717) is 17.2 Å². The molecule has 0 spiro atoms. The van der Waals surface area contributed by atoms with E-state index in [4.69, 9.17) is 0 Å². The standard InChI is InChI=1S/C14H17NO4S2/c16-14(17)12-8-20-13(11-6-7-11)15(12)21(18,19)9-10-4-2-1-3-5-10/h1-5,11-13H,6-9H2,(H,16,17). The van der Waals surface area contributed by atoms with Crippen LogP contribution in [0.4, 0.5) is 0 Å². The fraction of sp³-hybridized carbons (Fsp3) is 0.500. The van der Waals surface area contributed by atoms with Crippen LogP contribution in [-0.4, -0.2) is 41.0 Å². The summed E-state index contributed by atoms with van der Waals surface area (Å²) in [4.78, 5) is 11.4. The number of carboxylic acids is 1. The van der Waals surface area contributed by atoms with Crippen LogP contribution in [-0.2, 0) is 20.6 Å². The molecule has 2 aliphatic rings. The highest BCUT2D eigenvalue weighted by atomic mass is 32.2. The maximum Gasteiger partial charge on any atom is 0.322 e. The molecule has 1 heterocycles. The Kier molecular flexibility index (Phi) is 3.98. The minimum absolute atomic E-state index is 0.138. The van der Waals surface area contributed by atoms with Crippen molar-refractivity contribution >= 4 is 27.8 Å². The van der Waals surface area contributed by atoms with Crippen LogP contribution < -0.4 is 0 Å². The Bertz CT molecular complexity index is 628. The fourth-order valence-electron chi connectivity index (χ4n) is 2.63. The summed E-state index contributed by atoms with van der Waals surface area (Å²) in [6.45, 7) is 0. The molecule has 1 aromatic rings. The van der Waals surface area contributed by atoms with Crippen molar-refractivity contribution < 1.29 is 18.3 Å². The van der Waals surface area contributed by atoms with Gasteiger partial charge < -0.3 is 5.11 Å². The zero-order chi connectivity index (χ0) is 15.0. The number of carbonyl (C=O) groups is 1. The first-order chi connectivity index (χ1) is 9.99.